The molecule has 204 valence electrons. The molecule has 0 amide bonds. The molecule has 0 atom stereocenters. The minimum atomic E-state index is 0.753. The lowest BCUT2D eigenvalue weighted by molar-refractivity contribution is 0.484. The maximum Gasteiger partial charge on any atom is 0.145 e. The third kappa shape index (κ3) is 3.50. The van der Waals surface area contributed by atoms with Crippen LogP contribution in [0.1, 0.15) is 11.1 Å². The van der Waals surface area contributed by atoms with Crippen LogP contribution in [0.25, 0.3) is 65.8 Å². The lowest BCUT2D eigenvalue weighted by atomic mass is 9.94. The molecule has 6 nitrogen and oxygen atoms in total. The fraction of sp³-hybridized carbons (Fsp3) is 0.0541. The van der Waals surface area contributed by atoms with Crippen molar-refractivity contribution in [1.29, 1.82) is 0 Å². The van der Waals surface area contributed by atoms with Crippen LogP contribution in [0.15, 0.2) is 116 Å². The number of pyridine rings is 3. The highest BCUT2D eigenvalue weighted by atomic mass is 16.5. The average Bonchev–Trinajstić information content (AvgIpc) is 3.73. The Morgan fingerprint density at radius 3 is 1.84 bits per heavy atom. The second-order valence-electron chi connectivity index (χ2n) is 11.2. The van der Waals surface area contributed by atoms with Gasteiger partial charge in [0.15, 0.2) is 0 Å². The molecule has 0 unspecified atom stereocenters. The number of fused-ring (bicyclic) bond motifs is 12. The summed E-state index contributed by atoms with van der Waals surface area (Å²) in [5, 5.41) is 6.64. The lowest BCUT2D eigenvalue weighted by Gasteiger charge is -2.14. The van der Waals surface area contributed by atoms with Crippen molar-refractivity contribution >= 4 is 54.6 Å². The molecule has 0 N–H and O–H groups in total. The summed E-state index contributed by atoms with van der Waals surface area (Å²) in [6, 6.07) is 27.8. The summed E-state index contributed by atoms with van der Waals surface area (Å²) in [6.45, 7) is 4.35. The molecule has 0 aliphatic carbocycles. The Labute approximate surface area is 246 Å². The van der Waals surface area contributed by atoms with Crippen molar-refractivity contribution in [3.05, 3.63) is 127 Å². The van der Waals surface area contributed by atoms with Gasteiger partial charge >= 0.3 is 0 Å². The Bertz CT molecular complexity index is 2560. The number of hydrogen-bond donors (Lipinski definition) is 0. The van der Waals surface area contributed by atoms with Crippen molar-refractivity contribution in [3.8, 4) is 22.6 Å². The van der Waals surface area contributed by atoms with Crippen LogP contribution in [-0.4, -0.2) is 23.8 Å². The Hall–Kier alpha value is -5.75. The van der Waals surface area contributed by atoms with E-state index in [0.29, 0.717) is 0 Å². The highest BCUT2D eigenvalue weighted by Gasteiger charge is 2.15. The van der Waals surface area contributed by atoms with Gasteiger partial charge in [-0.25, -0.2) is 9.97 Å². The smallest absolute Gasteiger partial charge is 0.145 e. The van der Waals surface area contributed by atoms with Crippen molar-refractivity contribution < 1.29 is 4.74 Å². The molecule has 0 radical (unpaired) electrons. The van der Waals surface area contributed by atoms with Gasteiger partial charge in [0.1, 0.15) is 22.8 Å². The van der Waals surface area contributed by atoms with Crippen molar-refractivity contribution in [2.75, 3.05) is 0 Å². The van der Waals surface area contributed by atoms with Crippen LogP contribution in [0.5, 0.6) is 11.5 Å². The van der Waals surface area contributed by atoms with Crippen LogP contribution in [0.3, 0.4) is 0 Å². The van der Waals surface area contributed by atoms with E-state index >= 15 is 0 Å². The normalized spacial score (nSPS) is 12.0. The highest BCUT2D eigenvalue weighted by Crippen LogP contribution is 2.37. The first kappa shape index (κ1) is 23.9. The zero-order chi connectivity index (χ0) is 28.7. The summed E-state index contributed by atoms with van der Waals surface area (Å²) in [4.78, 5) is 13.7. The van der Waals surface area contributed by atoms with Gasteiger partial charge in [0.05, 0.1) is 17.2 Å². The standard InChI is InChI=1S/C37H25N5O/c1-22-4-3-5-23(2)35(22)24-6-9-29-27-10-7-25(19-31(27)36-39-14-16-41(36)33(29)18-24)43-26-8-11-28-30-12-13-38-21-34(30)42-17-15-40-37(42)32(28)20-26/h3-21H,1-2H3. The molecular formula is C37H25N5O. The topological polar surface area (TPSA) is 56.7 Å². The molecule has 0 aliphatic rings. The van der Waals surface area contributed by atoms with E-state index in [4.69, 9.17) is 9.72 Å². The van der Waals surface area contributed by atoms with Gasteiger partial charge < -0.3 is 4.74 Å². The summed E-state index contributed by atoms with van der Waals surface area (Å²) in [5.41, 5.74) is 9.00. The monoisotopic (exact) mass is 555 g/mol. The molecule has 5 aromatic heterocycles. The molecule has 9 rings (SSSR count). The SMILES string of the molecule is Cc1cccc(C)c1-c1ccc2c3ccc(Oc4ccc5c6ccncc6n6ccnc6c5c4)cc3c3nccn3c2c1. The van der Waals surface area contributed by atoms with Gasteiger partial charge in [-0.05, 0) is 95.4 Å². The third-order valence-electron chi connectivity index (χ3n) is 8.65. The number of ether oxygens (including phenoxy) is 1. The van der Waals surface area contributed by atoms with Crippen molar-refractivity contribution in [1.82, 2.24) is 23.8 Å². The van der Waals surface area contributed by atoms with Gasteiger partial charge in [-0.1, -0.05) is 30.3 Å². The first-order chi connectivity index (χ1) is 21.1. The fourth-order valence-electron chi connectivity index (χ4n) is 6.73. The summed E-state index contributed by atoms with van der Waals surface area (Å²) in [6.07, 6.45) is 11.4. The van der Waals surface area contributed by atoms with E-state index in [1.54, 1.807) is 0 Å². The number of aromatic nitrogens is 5. The average molecular weight is 556 g/mol. The molecule has 6 heteroatoms. The van der Waals surface area contributed by atoms with E-state index < -0.39 is 0 Å². The predicted octanol–water partition coefficient (Wildman–Crippen LogP) is 9.07. The summed E-state index contributed by atoms with van der Waals surface area (Å²) in [7, 11) is 0. The quantitative estimate of drug-likeness (QED) is 0.204. The van der Waals surface area contributed by atoms with Crippen LogP contribution in [-0.2, 0) is 0 Å². The second-order valence-corrected chi connectivity index (χ2v) is 11.2. The number of benzene rings is 4. The van der Waals surface area contributed by atoms with E-state index in [0.717, 1.165) is 60.8 Å². The summed E-state index contributed by atoms with van der Waals surface area (Å²) >= 11 is 0. The molecule has 0 saturated heterocycles. The van der Waals surface area contributed by atoms with Gasteiger partial charge in [-0.3, -0.25) is 13.8 Å². The van der Waals surface area contributed by atoms with Crippen molar-refractivity contribution in [2.24, 2.45) is 0 Å². The van der Waals surface area contributed by atoms with E-state index in [-0.39, 0.29) is 0 Å². The largest absolute Gasteiger partial charge is 0.457 e. The lowest BCUT2D eigenvalue weighted by Crippen LogP contribution is -1.94. The summed E-state index contributed by atoms with van der Waals surface area (Å²) < 4.78 is 10.8. The molecular weight excluding hydrogens is 530 g/mol. The van der Waals surface area contributed by atoms with Crippen LogP contribution in [0.2, 0.25) is 0 Å². The van der Waals surface area contributed by atoms with E-state index in [2.05, 4.69) is 93.3 Å². The molecule has 0 bridgehead atoms. The van der Waals surface area contributed by atoms with Gasteiger partial charge in [0, 0.05) is 52.5 Å². The first-order valence-corrected chi connectivity index (χ1v) is 14.3. The van der Waals surface area contributed by atoms with Crippen LogP contribution in [0, 0.1) is 13.8 Å². The number of nitrogens with zero attached hydrogens (tertiary/aromatic N) is 5. The zero-order valence-corrected chi connectivity index (χ0v) is 23.6. The third-order valence-corrected chi connectivity index (χ3v) is 8.65. The molecule has 9 aromatic rings. The molecule has 0 fully saturated rings. The number of imidazole rings is 2. The minimum Gasteiger partial charge on any atom is -0.457 e. The number of rotatable bonds is 3. The second kappa shape index (κ2) is 8.87. The molecule has 5 heterocycles. The Kier molecular flexibility index (Phi) is 4.93. The van der Waals surface area contributed by atoms with E-state index in [1.165, 1.54) is 27.6 Å². The van der Waals surface area contributed by atoms with Gasteiger partial charge in [-0.15, -0.1) is 0 Å². The number of hydrogen-bond acceptors (Lipinski definition) is 4. The van der Waals surface area contributed by atoms with E-state index in [1.807, 2.05) is 55.4 Å². The van der Waals surface area contributed by atoms with Gasteiger partial charge in [0.25, 0.3) is 0 Å². The Balaban J connectivity index is 1.18. The molecule has 4 aromatic carbocycles. The van der Waals surface area contributed by atoms with E-state index in [9.17, 15) is 0 Å². The van der Waals surface area contributed by atoms with Gasteiger partial charge in [-0.2, -0.15) is 0 Å². The molecule has 0 aliphatic heterocycles. The Morgan fingerprint density at radius 2 is 1.16 bits per heavy atom. The maximum atomic E-state index is 6.49. The zero-order valence-electron chi connectivity index (χ0n) is 23.6. The Morgan fingerprint density at radius 1 is 0.558 bits per heavy atom. The van der Waals surface area contributed by atoms with Gasteiger partial charge in [0.2, 0.25) is 0 Å². The van der Waals surface area contributed by atoms with Crippen LogP contribution in [0.4, 0.5) is 0 Å². The van der Waals surface area contributed by atoms with Crippen LogP contribution < -0.4 is 4.74 Å². The first-order valence-electron chi connectivity index (χ1n) is 14.3. The molecule has 0 spiro atoms. The minimum absolute atomic E-state index is 0.753. The van der Waals surface area contributed by atoms with Crippen molar-refractivity contribution in [3.63, 3.8) is 0 Å². The highest BCUT2D eigenvalue weighted by molar-refractivity contribution is 6.13. The molecule has 0 saturated carbocycles. The van der Waals surface area contributed by atoms with Crippen LogP contribution >= 0.6 is 0 Å². The summed E-state index contributed by atoms with van der Waals surface area (Å²) in [5.74, 6) is 1.51. The number of aryl methyl sites for hydroxylation is 2. The predicted molar refractivity (Wildman–Crippen MR) is 173 cm³/mol. The van der Waals surface area contributed by atoms with Crippen molar-refractivity contribution in [2.45, 2.75) is 13.8 Å². The fourth-order valence-corrected chi connectivity index (χ4v) is 6.73. The molecule has 43 heavy (non-hydrogen) atoms. The maximum absolute atomic E-state index is 6.49.